The average Bonchev–Trinajstić information content (AvgIpc) is 3.13. The van der Waals surface area contributed by atoms with Crippen LogP contribution in [-0.2, 0) is 28.2 Å². The lowest BCUT2D eigenvalue weighted by Gasteiger charge is -2.18. The van der Waals surface area contributed by atoms with Crippen LogP contribution in [0, 0.1) is 0 Å². The van der Waals surface area contributed by atoms with Crippen molar-refractivity contribution in [1.82, 2.24) is 0 Å². The Bertz CT molecular complexity index is 1060. The Morgan fingerprint density at radius 2 is 1.02 bits per heavy atom. The highest BCUT2D eigenvalue weighted by molar-refractivity contribution is 7.46. The van der Waals surface area contributed by atoms with Gasteiger partial charge in [0.05, 0.1) is 12.7 Å². The lowest BCUT2D eigenvalue weighted by molar-refractivity contribution is -0.161. The summed E-state index contributed by atoms with van der Waals surface area (Å²) < 4.78 is 26.3. The van der Waals surface area contributed by atoms with Crippen LogP contribution in [0.4, 0.5) is 0 Å². The number of unbranched alkanes of at least 4 members (excludes halogenated alkanes) is 14. The quantitative estimate of drug-likeness (QED) is 0.0244. The summed E-state index contributed by atoms with van der Waals surface area (Å²) in [6.07, 6.45) is 44.6. The molecule has 0 heterocycles. The standard InChI is InChI=1S/C43H75O9P/c1-3-5-6-7-8-9-10-11-12-13-14-19-22-25-28-31-34-37-43(46)52-41(39-51-53(47,48)49)38-50-42(45)36-33-30-27-24-21-18-16-15-17-20-23-26-29-32-35-40(44)4-2/h11-12,16-18,20,24,26-27,29,40-41,44H,3-10,13-15,19,21-23,25,28,30-39H2,1-2H3,(H2,47,48,49)/b12-11-,18-16-,20-17-,27-24-,29-26-/t40-,41+/m0/s1. The molecular weight excluding hydrogens is 691 g/mol. The van der Waals surface area contributed by atoms with Gasteiger partial charge >= 0.3 is 19.8 Å². The minimum Gasteiger partial charge on any atom is -0.462 e. The van der Waals surface area contributed by atoms with Crippen molar-refractivity contribution in [3.05, 3.63) is 60.8 Å². The molecule has 0 spiro atoms. The largest absolute Gasteiger partial charge is 0.469 e. The van der Waals surface area contributed by atoms with Gasteiger partial charge in [-0.3, -0.25) is 14.1 Å². The monoisotopic (exact) mass is 767 g/mol. The van der Waals surface area contributed by atoms with Crippen molar-refractivity contribution in [2.24, 2.45) is 0 Å². The molecule has 0 aromatic heterocycles. The van der Waals surface area contributed by atoms with Gasteiger partial charge in [-0.15, -0.1) is 0 Å². The first-order valence-corrected chi connectivity index (χ1v) is 22.2. The molecule has 0 aliphatic rings. The highest BCUT2D eigenvalue weighted by atomic mass is 31.2. The van der Waals surface area contributed by atoms with Gasteiger partial charge in [-0.25, -0.2) is 4.57 Å². The van der Waals surface area contributed by atoms with Crippen molar-refractivity contribution in [2.75, 3.05) is 13.2 Å². The number of carbonyl (C=O) groups is 2. The van der Waals surface area contributed by atoms with E-state index < -0.39 is 32.5 Å². The predicted molar refractivity (Wildman–Crippen MR) is 217 cm³/mol. The fourth-order valence-electron chi connectivity index (χ4n) is 5.40. The Morgan fingerprint density at radius 1 is 0.566 bits per heavy atom. The second-order valence-corrected chi connectivity index (χ2v) is 15.0. The summed E-state index contributed by atoms with van der Waals surface area (Å²) in [5.41, 5.74) is 0. The first kappa shape index (κ1) is 50.7. The zero-order chi connectivity index (χ0) is 39.1. The number of hydrogen-bond donors (Lipinski definition) is 3. The van der Waals surface area contributed by atoms with Gasteiger partial charge in [-0.1, -0.05) is 139 Å². The van der Waals surface area contributed by atoms with Crippen LogP contribution in [-0.4, -0.2) is 52.3 Å². The molecule has 3 N–H and O–H groups in total. The zero-order valence-electron chi connectivity index (χ0n) is 33.3. The molecule has 0 aromatic carbocycles. The Labute approximate surface area is 322 Å². The maximum atomic E-state index is 12.4. The molecule has 0 rings (SSSR count). The summed E-state index contributed by atoms with van der Waals surface area (Å²) in [7, 11) is -4.78. The molecule has 0 saturated heterocycles. The summed E-state index contributed by atoms with van der Waals surface area (Å²) in [6.45, 7) is 3.35. The van der Waals surface area contributed by atoms with E-state index in [9.17, 15) is 19.3 Å². The van der Waals surface area contributed by atoms with E-state index in [0.29, 0.717) is 19.3 Å². The maximum Gasteiger partial charge on any atom is 0.469 e. The van der Waals surface area contributed by atoms with Crippen LogP contribution in [0.3, 0.4) is 0 Å². The van der Waals surface area contributed by atoms with E-state index in [2.05, 4.69) is 60.1 Å². The van der Waals surface area contributed by atoms with Crippen LogP contribution in [0.15, 0.2) is 60.8 Å². The van der Waals surface area contributed by atoms with E-state index in [-0.39, 0.29) is 25.6 Å². The third-order valence-corrected chi connectivity index (χ3v) is 9.16. The highest BCUT2D eigenvalue weighted by Gasteiger charge is 2.22. The highest BCUT2D eigenvalue weighted by Crippen LogP contribution is 2.36. The van der Waals surface area contributed by atoms with E-state index >= 15 is 0 Å². The first-order chi connectivity index (χ1) is 25.7. The van der Waals surface area contributed by atoms with Crippen LogP contribution < -0.4 is 0 Å². The van der Waals surface area contributed by atoms with Crippen LogP contribution in [0.5, 0.6) is 0 Å². The van der Waals surface area contributed by atoms with Crippen molar-refractivity contribution < 1.29 is 43.0 Å². The molecule has 0 fully saturated rings. The van der Waals surface area contributed by atoms with Crippen molar-refractivity contribution in [2.45, 2.75) is 187 Å². The van der Waals surface area contributed by atoms with Crippen molar-refractivity contribution in [1.29, 1.82) is 0 Å². The number of carbonyl (C=O) groups excluding carboxylic acids is 2. The number of phosphoric acid groups is 1. The summed E-state index contributed by atoms with van der Waals surface area (Å²) in [5.74, 6) is -0.976. The third-order valence-electron chi connectivity index (χ3n) is 8.67. The van der Waals surface area contributed by atoms with E-state index in [1.807, 2.05) is 19.1 Å². The molecule has 0 unspecified atom stereocenters. The van der Waals surface area contributed by atoms with Gasteiger partial charge in [-0.05, 0) is 83.5 Å². The molecule has 53 heavy (non-hydrogen) atoms. The summed E-state index contributed by atoms with van der Waals surface area (Å²) >= 11 is 0. The predicted octanol–water partition coefficient (Wildman–Crippen LogP) is 11.5. The van der Waals surface area contributed by atoms with Crippen molar-refractivity contribution >= 4 is 19.8 Å². The van der Waals surface area contributed by atoms with Gasteiger partial charge in [0.15, 0.2) is 6.10 Å². The van der Waals surface area contributed by atoms with Crippen LogP contribution in [0.1, 0.15) is 174 Å². The van der Waals surface area contributed by atoms with Crippen LogP contribution >= 0.6 is 7.82 Å². The van der Waals surface area contributed by atoms with Gasteiger partial charge in [0.25, 0.3) is 0 Å². The fraction of sp³-hybridized carbons (Fsp3) is 0.721. The smallest absolute Gasteiger partial charge is 0.462 e. The van der Waals surface area contributed by atoms with Crippen LogP contribution in [0.2, 0.25) is 0 Å². The SMILES string of the molecule is CCCCCCCC/C=C\CCCCCCCCCC(=O)O[C@H](COC(=O)CCC/C=C\C/C=C\C/C=C\C/C=C\CC[C@@H](O)CC)COP(=O)(O)O. The summed E-state index contributed by atoms with van der Waals surface area (Å²) in [4.78, 5) is 42.8. The van der Waals surface area contributed by atoms with Gasteiger partial charge in [0.1, 0.15) is 6.61 Å². The normalized spacial score (nSPS) is 13.7. The lowest BCUT2D eigenvalue weighted by Crippen LogP contribution is -2.29. The molecule has 0 bridgehead atoms. The Hall–Kier alpha value is -2.29. The average molecular weight is 767 g/mol. The second kappa shape index (κ2) is 38.0. The molecule has 0 aromatic rings. The molecule has 9 nitrogen and oxygen atoms in total. The Balaban J connectivity index is 4.05. The molecule has 10 heteroatoms. The lowest BCUT2D eigenvalue weighted by atomic mass is 10.1. The summed E-state index contributed by atoms with van der Waals surface area (Å²) in [6, 6.07) is 0. The number of hydrogen-bond acceptors (Lipinski definition) is 7. The molecule has 0 aliphatic heterocycles. The number of aliphatic hydroxyl groups excluding tert-OH is 1. The molecule has 0 radical (unpaired) electrons. The van der Waals surface area contributed by atoms with E-state index in [4.69, 9.17) is 19.3 Å². The number of phosphoric ester groups is 1. The fourth-order valence-corrected chi connectivity index (χ4v) is 5.76. The molecule has 0 aliphatic carbocycles. The topological polar surface area (TPSA) is 140 Å². The first-order valence-electron chi connectivity index (χ1n) is 20.7. The molecular formula is C43H75O9P. The molecule has 306 valence electrons. The maximum absolute atomic E-state index is 12.4. The minimum absolute atomic E-state index is 0.175. The van der Waals surface area contributed by atoms with Crippen molar-refractivity contribution in [3.8, 4) is 0 Å². The van der Waals surface area contributed by atoms with Gasteiger partial charge in [0.2, 0.25) is 0 Å². The minimum atomic E-state index is -4.78. The molecule has 0 saturated carbocycles. The second-order valence-electron chi connectivity index (χ2n) is 13.7. The number of esters is 2. The van der Waals surface area contributed by atoms with E-state index in [0.717, 1.165) is 64.2 Å². The van der Waals surface area contributed by atoms with E-state index in [1.165, 1.54) is 64.2 Å². The van der Waals surface area contributed by atoms with Crippen LogP contribution in [0.25, 0.3) is 0 Å². The van der Waals surface area contributed by atoms with Gasteiger partial charge < -0.3 is 24.4 Å². The Morgan fingerprint density at radius 3 is 1.57 bits per heavy atom. The van der Waals surface area contributed by atoms with Gasteiger partial charge in [-0.2, -0.15) is 0 Å². The third kappa shape index (κ3) is 40.7. The zero-order valence-corrected chi connectivity index (χ0v) is 34.2. The van der Waals surface area contributed by atoms with E-state index in [1.54, 1.807) is 0 Å². The molecule has 0 amide bonds. The number of aliphatic hydroxyl groups is 1. The summed E-state index contributed by atoms with van der Waals surface area (Å²) in [5, 5.41) is 9.54. The number of allylic oxidation sites excluding steroid dienone is 10. The number of rotatable bonds is 37. The number of ether oxygens (including phenoxy) is 2. The Kier molecular flexibility index (Phi) is 36.4. The molecule has 2 atom stereocenters. The van der Waals surface area contributed by atoms with Crippen molar-refractivity contribution in [3.63, 3.8) is 0 Å². The van der Waals surface area contributed by atoms with Gasteiger partial charge in [0, 0.05) is 12.8 Å².